The zero-order chi connectivity index (χ0) is 29.2. The Kier molecular flexibility index (Phi) is 7.36. The first-order chi connectivity index (χ1) is 18.9. The summed E-state index contributed by atoms with van der Waals surface area (Å²) in [7, 11) is -4.46. The number of nitrogens with one attached hydrogen (secondary N) is 2. The van der Waals surface area contributed by atoms with E-state index >= 15 is 0 Å². The third kappa shape index (κ3) is 5.50. The number of nitriles is 2. The average Bonchev–Trinajstić information content (AvgIpc) is 2.92. The molecule has 3 aromatic carbocycles. The molecule has 3 amide bonds. The minimum atomic E-state index is -4.71. The minimum Gasteiger partial charge on any atom is -0.326 e. The normalized spacial score (nSPS) is 15.6. The van der Waals surface area contributed by atoms with E-state index in [4.69, 9.17) is 10.5 Å². The quantitative estimate of drug-likeness (QED) is 0.466. The van der Waals surface area contributed by atoms with Crippen molar-refractivity contribution in [3.8, 4) is 12.1 Å². The van der Waals surface area contributed by atoms with Crippen LogP contribution in [0.3, 0.4) is 0 Å². The number of carbonyl (C=O) groups is 2. The van der Waals surface area contributed by atoms with Crippen molar-refractivity contribution in [2.45, 2.75) is 24.0 Å². The van der Waals surface area contributed by atoms with E-state index in [-0.39, 0.29) is 33.0 Å². The van der Waals surface area contributed by atoms with Gasteiger partial charge in [0.25, 0.3) is 15.9 Å². The smallest absolute Gasteiger partial charge is 0.326 e. The van der Waals surface area contributed by atoms with Crippen LogP contribution in [0.1, 0.15) is 35.2 Å². The summed E-state index contributed by atoms with van der Waals surface area (Å²) in [6.07, 6.45) is -4.71. The number of urea groups is 1. The van der Waals surface area contributed by atoms with E-state index < -0.39 is 39.7 Å². The summed E-state index contributed by atoms with van der Waals surface area (Å²) in [5, 5.41) is 20.6. The molecule has 3 aromatic rings. The van der Waals surface area contributed by atoms with E-state index in [9.17, 15) is 31.2 Å². The Morgan fingerprint density at radius 2 is 1.55 bits per heavy atom. The highest BCUT2D eigenvalue weighted by Crippen LogP contribution is 2.37. The van der Waals surface area contributed by atoms with E-state index in [1.54, 1.807) is 0 Å². The molecule has 1 aliphatic heterocycles. The fraction of sp³-hybridized carbons (Fsp3) is 0.111. The lowest BCUT2D eigenvalue weighted by Gasteiger charge is -2.36. The first kappa shape index (κ1) is 27.9. The van der Waals surface area contributed by atoms with Crippen molar-refractivity contribution < 1.29 is 31.2 Å². The lowest BCUT2D eigenvalue weighted by molar-refractivity contribution is -0.137. The van der Waals surface area contributed by atoms with E-state index in [2.05, 4.69) is 5.32 Å². The highest BCUT2D eigenvalue weighted by molar-refractivity contribution is 7.90. The van der Waals surface area contributed by atoms with E-state index in [0.29, 0.717) is 5.56 Å². The first-order valence-corrected chi connectivity index (χ1v) is 12.9. The van der Waals surface area contributed by atoms with Crippen LogP contribution in [0, 0.1) is 22.7 Å². The molecule has 1 aliphatic rings. The van der Waals surface area contributed by atoms with Crippen molar-refractivity contribution in [3.05, 3.63) is 106 Å². The molecular weight excluding hydrogens is 547 g/mol. The molecule has 0 radical (unpaired) electrons. The van der Waals surface area contributed by atoms with E-state index in [1.807, 2.05) is 16.9 Å². The Morgan fingerprint density at radius 1 is 0.975 bits per heavy atom. The summed E-state index contributed by atoms with van der Waals surface area (Å²) >= 11 is 0. The zero-order valence-electron chi connectivity index (χ0n) is 20.5. The van der Waals surface area contributed by atoms with Gasteiger partial charge in [-0.2, -0.15) is 23.7 Å². The maximum Gasteiger partial charge on any atom is 0.416 e. The lowest BCUT2D eigenvalue weighted by atomic mass is 9.93. The van der Waals surface area contributed by atoms with Gasteiger partial charge in [-0.1, -0.05) is 18.2 Å². The molecule has 202 valence electrons. The molecule has 9 nitrogen and oxygen atoms in total. The fourth-order valence-corrected chi connectivity index (χ4v) is 5.08. The number of sulfonamides is 1. The molecule has 1 atom stereocenters. The van der Waals surface area contributed by atoms with Gasteiger partial charge < -0.3 is 5.32 Å². The van der Waals surface area contributed by atoms with Gasteiger partial charge in [-0.25, -0.2) is 17.9 Å². The maximum absolute atomic E-state index is 13.5. The second kappa shape index (κ2) is 10.6. The van der Waals surface area contributed by atoms with Gasteiger partial charge >= 0.3 is 12.2 Å². The lowest BCUT2D eigenvalue weighted by Crippen LogP contribution is -2.50. The minimum absolute atomic E-state index is 0.120. The number of hydrogen-bond donors (Lipinski definition) is 2. The zero-order valence-corrected chi connectivity index (χ0v) is 21.3. The van der Waals surface area contributed by atoms with Crippen molar-refractivity contribution in [1.29, 1.82) is 10.5 Å². The monoisotopic (exact) mass is 565 g/mol. The molecule has 0 saturated carbocycles. The highest BCUT2D eigenvalue weighted by atomic mass is 32.2. The molecule has 0 aliphatic carbocycles. The molecule has 0 saturated heterocycles. The number of amides is 3. The second-order valence-electron chi connectivity index (χ2n) is 8.57. The van der Waals surface area contributed by atoms with Gasteiger partial charge in [-0.15, -0.1) is 0 Å². The molecule has 40 heavy (non-hydrogen) atoms. The van der Waals surface area contributed by atoms with Gasteiger partial charge in [-0.3, -0.25) is 9.69 Å². The van der Waals surface area contributed by atoms with Crippen molar-refractivity contribution in [1.82, 2.24) is 10.0 Å². The van der Waals surface area contributed by atoms with Crippen LogP contribution in [0.25, 0.3) is 0 Å². The third-order valence-electron chi connectivity index (χ3n) is 6.05. The molecule has 0 fully saturated rings. The molecule has 0 aromatic heterocycles. The Morgan fingerprint density at radius 3 is 2.10 bits per heavy atom. The fourth-order valence-electron chi connectivity index (χ4n) is 4.11. The summed E-state index contributed by atoms with van der Waals surface area (Å²) in [4.78, 5) is 27.2. The van der Waals surface area contributed by atoms with Crippen LogP contribution in [-0.4, -0.2) is 20.4 Å². The highest BCUT2D eigenvalue weighted by Gasteiger charge is 2.39. The van der Waals surface area contributed by atoms with Crippen molar-refractivity contribution >= 4 is 27.6 Å². The largest absolute Gasteiger partial charge is 0.416 e. The molecule has 1 heterocycles. The average molecular weight is 566 g/mol. The SMILES string of the molecule is CC1=C(C(=O)NS(=O)(=O)c2ccc(C#N)cc2)C(c2ccc(C#N)cc2)NC(=O)N1c1cccc(C(F)(F)F)c1. The molecule has 1 unspecified atom stereocenters. The van der Waals surface area contributed by atoms with Gasteiger partial charge in [0.2, 0.25) is 0 Å². The molecule has 2 N–H and O–H groups in total. The van der Waals surface area contributed by atoms with Crippen LogP contribution in [0.5, 0.6) is 0 Å². The number of hydrogen-bond acceptors (Lipinski definition) is 6. The number of halogens is 3. The number of anilines is 1. The number of alkyl halides is 3. The molecule has 13 heteroatoms. The Balaban J connectivity index is 1.82. The van der Waals surface area contributed by atoms with Gasteiger partial charge in [0, 0.05) is 5.70 Å². The van der Waals surface area contributed by atoms with Crippen LogP contribution in [0.2, 0.25) is 0 Å². The number of carbonyl (C=O) groups excluding carboxylic acids is 2. The number of benzene rings is 3. The Hall–Kier alpha value is -5.14. The summed E-state index contributed by atoms with van der Waals surface area (Å²) in [5.74, 6) is -1.15. The third-order valence-corrected chi connectivity index (χ3v) is 7.40. The molecule has 4 rings (SSSR count). The summed E-state index contributed by atoms with van der Waals surface area (Å²) in [6.45, 7) is 1.30. The Labute approximate surface area is 226 Å². The van der Waals surface area contributed by atoms with Gasteiger partial charge in [0.05, 0.1) is 51.0 Å². The van der Waals surface area contributed by atoms with Gasteiger partial charge in [0.1, 0.15) is 0 Å². The summed E-state index contributed by atoms with van der Waals surface area (Å²) in [6, 6.07) is 16.1. The molecule has 0 bridgehead atoms. The van der Waals surface area contributed by atoms with Crippen LogP contribution >= 0.6 is 0 Å². The standard InChI is InChI=1S/C27H18F3N5O4S/c1-16-23(25(36)34-40(38,39)22-11-7-18(15-32)8-12-22)24(19-9-5-17(14-31)6-10-19)33-26(37)35(16)21-4-2-3-20(13-21)27(28,29)30/h2-13,24H,1H3,(H,33,37)(H,34,36). The van der Waals surface area contributed by atoms with E-state index in [0.717, 1.165) is 35.2 Å². The molecule has 0 spiro atoms. The van der Waals surface area contributed by atoms with Crippen LogP contribution < -0.4 is 14.9 Å². The first-order valence-electron chi connectivity index (χ1n) is 11.4. The van der Waals surface area contributed by atoms with Gasteiger partial charge in [-0.05, 0) is 67.1 Å². The predicted molar refractivity (Wildman–Crippen MR) is 136 cm³/mol. The predicted octanol–water partition coefficient (Wildman–Crippen LogP) is 4.50. The van der Waals surface area contributed by atoms with Crippen LogP contribution in [0.4, 0.5) is 23.7 Å². The van der Waals surface area contributed by atoms with Crippen LogP contribution in [0.15, 0.2) is 89.0 Å². The topological polar surface area (TPSA) is 143 Å². The summed E-state index contributed by atoms with van der Waals surface area (Å²) in [5.41, 5.74) is -0.833. The van der Waals surface area contributed by atoms with E-state index in [1.165, 1.54) is 49.4 Å². The summed E-state index contributed by atoms with van der Waals surface area (Å²) < 4.78 is 68.0. The maximum atomic E-state index is 13.5. The van der Waals surface area contributed by atoms with Crippen molar-refractivity contribution in [2.24, 2.45) is 0 Å². The Bertz CT molecular complexity index is 1720. The molecular formula is C27H18F3N5O4S. The van der Waals surface area contributed by atoms with Crippen molar-refractivity contribution in [2.75, 3.05) is 4.90 Å². The van der Waals surface area contributed by atoms with Crippen LogP contribution in [-0.2, 0) is 21.0 Å². The van der Waals surface area contributed by atoms with Gasteiger partial charge in [0.15, 0.2) is 0 Å². The van der Waals surface area contributed by atoms with Crippen molar-refractivity contribution in [3.63, 3.8) is 0 Å². The number of rotatable bonds is 5. The number of nitrogens with zero attached hydrogens (tertiary/aromatic N) is 3. The number of allylic oxidation sites excluding steroid dienone is 1. The second-order valence-corrected chi connectivity index (χ2v) is 10.3.